The number of rotatable bonds is 7. The Morgan fingerprint density at radius 3 is 2.31 bits per heavy atom. The van der Waals surface area contributed by atoms with Crippen LogP contribution in [0.2, 0.25) is 5.02 Å². The Balaban J connectivity index is 0.00000338. The fourth-order valence-electron chi connectivity index (χ4n) is 2.34. The first-order valence-corrected chi connectivity index (χ1v) is 8.52. The van der Waals surface area contributed by atoms with Gasteiger partial charge in [-0.1, -0.05) is 29.8 Å². The zero-order chi connectivity index (χ0) is 18.1. The van der Waals surface area contributed by atoms with Gasteiger partial charge < -0.3 is 20.1 Å². The molecule has 0 aliphatic heterocycles. The van der Waals surface area contributed by atoms with Crippen LogP contribution in [0.1, 0.15) is 18.1 Å². The molecule has 5 nitrogen and oxygen atoms in total. The number of nitrogens with zero attached hydrogens (tertiary/aromatic N) is 1. The van der Waals surface area contributed by atoms with E-state index in [1.54, 1.807) is 14.2 Å². The molecule has 0 aliphatic carbocycles. The molecule has 2 aromatic rings. The van der Waals surface area contributed by atoms with Gasteiger partial charge in [-0.2, -0.15) is 0 Å². The van der Waals surface area contributed by atoms with Crippen LogP contribution >= 0.6 is 35.6 Å². The quantitative estimate of drug-likeness (QED) is 0.347. The van der Waals surface area contributed by atoms with E-state index in [2.05, 4.69) is 15.6 Å². The predicted octanol–water partition coefficient (Wildman–Crippen LogP) is 4.23. The molecule has 0 fully saturated rings. The van der Waals surface area contributed by atoms with E-state index < -0.39 is 0 Å². The summed E-state index contributed by atoms with van der Waals surface area (Å²) in [6.45, 7) is 3.81. The van der Waals surface area contributed by atoms with Crippen LogP contribution in [0.25, 0.3) is 0 Å². The highest BCUT2D eigenvalue weighted by Gasteiger charge is 2.06. The van der Waals surface area contributed by atoms with Crippen LogP contribution in [0.15, 0.2) is 47.5 Å². The Kier molecular flexibility index (Phi) is 10.2. The molecule has 2 N–H and O–H groups in total. The van der Waals surface area contributed by atoms with E-state index in [1.807, 2.05) is 49.4 Å². The molecular formula is C19H25ClIN3O2. The number of halogens is 2. The molecule has 26 heavy (non-hydrogen) atoms. The lowest BCUT2D eigenvalue weighted by molar-refractivity contribution is 0.310. The Labute approximate surface area is 177 Å². The van der Waals surface area contributed by atoms with E-state index >= 15 is 0 Å². The van der Waals surface area contributed by atoms with Gasteiger partial charge in [0.15, 0.2) is 17.5 Å². The molecule has 0 aliphatic rings. The first-order valence-electron chi connectivity index (χ1n) is 8.15. The van der Waals surface area contributed by atoms with Crippen LogP contribution in [-0.2, 0) is 13.1 Å². The molecule has 0 radical (unpaired) electrons. The van der Waals surface area contributed by atoms with Gasteiger partial charge in [-0.05, 0) is 42.3 Å². The summed E-state index contributed by atoms with van der Waals surface area (Å²) in [6, 6.07) is 13.6. The molecule has 0 heterocycles. The zero-order valence-corrected chi connectivity index (χ0v) is 18.3. The van der Waals surface area contributed by atoms with Crippen molar-refractivity contribution in [3.8, 4) is 11.5 Å². The second kappa shape index (κ2) is 11.9. The van der Waals surface area contributed by atoms with E-state index in [1.165, 1.54) is 0 Å². The summed E-state index contributed by atoms with van der Waals surface area (Å²) in [6.07, 6.45) is 0. The number of benzene rings is 2. The van der Waals surface area contributed by atoms with E-state index in [9.17, 15) is 0 Å². The number of guanidine groups is 1. The van der Waals surface area contributed by atoms with Gasteiger partial charge in [-0.3, -0.25) is 4.99 Å². The van der Waals surface area contributed by atoms with Gasteiger partial charge in [0.05, 0.1) is 13.7 Å². The number of hydrogen-bond acceptors (Lipinski definition) is 3. The molecule has 0 atom stereocenters. The summed E-state index contributed by atoms with van der Waals surface area (Å²) in [5.41, 5.74) is 2.17. The standard InChI is InChI=1S/C19H24ClN3O2.HI/c1-4-25-18-11-15(8-9-17(18)24-3)13-23-19(21-2)22-12-14-6-5-7-16(20)10-14;/h5-11H,4,12-13H2,1-3H3,(H2,21,22,23);1H. The third-order valence-corrected chi connectivity index (χ3v) is 3.80. The summed E-state index contributed by atoms with van der Waals surface area (Å²) in [7, 11) is 3.38. The van der Waals surface area contributed by atoms with Gasteiger partial charge in [0, 0.05) is 25.2 Å². The first kappa shape index (κ1) is 22.4. The average Bonchev–Trinajstić information content (AvgIpc) is 2.62. The normalized spacial score (nSPS) is 10.7. The van der Waals surface area contributed by atoms with Crippen molar-refractivity contribution in [1.29, 1.82) is 0 Å². The van der Waals surface area contributed by atoms with Crippen LogP contribution in [0.4, 0.5) is 0 Å². The fourth-order valence-corrected chi connectivity index (χ4v) is 2.55. The number of hydrogen-bond donors (Lipinski definition) is 2. The molecule has 0 spiro atoms. The van der Waals surface area contributed by atoms with Crippen molar-refractivity contribution in [2.75, 3.05) is 20.8 Å². The third-order valence-electron chi connectivity index (χ3n) is 3.56. The van der Waals surface area contributed by atoms with Gasteiger partial charge in [0.1, 0.15) is 0 Å². The molecule has 0 amide bonds. The lowest BCUT2D eigenvalue weighted by Gasteiger charge is -2.14. The van der Waals surface area contributed by atoms with E-state index in [4.69, 9.17) is 21.1 Å². The van der Waals surface area contributed by atoms with Gasteiger partial charge in [-0.25, -0.2) is 0 Å². The molecule has 0 saturated carbocycles. The largest absolute Gasteiger partial charge is 0.493 e. The first-order chi connectivity index (χ1) is 12.2. The fraction of sp³-hybridized carbons (Fsp3) is 0.316. The molecular weight excluding hydrogens is 465 g/mol. The van der Waals surface area contributed by atoms with Crippen molar-refractivity contribution >= 4 is 41.5 Å². The van der Waals surface area contributed by atoms with Crippen LogP contribution in [0.3, 0.4) is 0 Å². The van der Waals surface area contributed by atoms with Gasteiger partial charge in [-0.15, -0.1) is 24.0 Å². The molecule has 0 aromatic heterocycles. The van der Waals surface area contributed by atoms with Crippen LogP contribution in [0, 0.1) is 0 Å². The highest BCUT2D eigenvalue weighted by atomic mass is 127. The topological polar surface area (TPSA) is 54.9 Å². The third kappa shape index (κ3) is 6.92. The molecule has 7 heteroatoms. The Morgan fingerprint density at radius 1 is 1.04 bits per heavy atom. The minimum atomic E-state index is 0. The molecule has 0 unspecified atom stereocenters. The summed E-state index contributed by atoms with van der Waals surface area (Å²) in [5, 5.41) is 7.28. The highest BCUT2D eigenvalue weighted by Crippen LogP contribution is 2.27. The lowest BCUT2D eigenvalue weighted by atomic mass is 10.2. The van der Waals surface area contributed by atoms with Crippen molar-refractivity contribution in [3.05, 3.63) is 58.6 Å². The van der Waals surface area contributed by atoms with E-state index in [0.29, 0.717) is 25.7 Å². The van der Waals surface area contributed by atoms with Gasteiger partial charge >= 0.3 is 0 Å². The number of nitrogens with one attached hydrogen (secondary N) is 2. The highest BCUT2D eigenvalue weighted by molar-refractivity contribution is 14.0. The molecule has 142 valence electrons. The van der Waals surface area contributed by atoms with Crippen molar-refractivity contribution in [1.82, 2.24) is 10.6 Å². The lowest BCUT2D eigenvalue weighted by Crippen LogP contribution is -2.36. The average molecular weight is 490 g/mol. The predicted molar refractivity (Wildman–Crippen MR) is 118 cm³/mol. The minimum absolute atomic E-state index is 0. The monoisotopic (exact) mass is 489 g/mol. The smallest absolute Gasteiger partial charge is 0.191 e. The molecule has 2 rings (SSSR count). The molecule has 0 saturated heterocycles. The van der Waals surface area contributed by atoms with Crippen molar-refractivity contribution in [3.63, 3.8) is 0 Å². The van der Waals surface area contributed by atoms with Crippen molar-refractivity contribution in [2.45, 2.75) is 20.0 Å². The second-order valence-electron chi connectivity index (χ2n) is 5.33. The Bertz CT molecular complexity index is 726. The van der Waals surface area contributed by atoms with Crippen LogP contribution in [-0.4, -0.2) is 26.7 Å². The minimum Gasteiger partial charge on any atom is -0.493 e. The van der Waals surface area contributed by atoms with Crippen LogP contribution < -0.4 is 20.1 Å². The number of aliphatic imine (C=N–C) groups is 1. The summed E-state index contributed by atoms with van der Waals surface area (Å²) in [4.78, 5) is 4.24. The van der Waals surface area contributed by atoms with Gasteiger partial charge in [0.2, 0.25) is 0 Å². The Hall–Kier alpha value is -1.67. The summed E-state index contributed by atoms with van der Waals surface area (Å²) in [5.74, 6) is 2.19. The second-order valence-corrected chi connectivity index (χ2v) is 5.76. The van der Waals surface area contributed by atoms with E-state index in [0.717, 1.165) is 27.6 Å². The van der Waals surface area contributed by atoms with Crippen molar-refractivity contribution in [2.24, 2.45) is 4.99 Å². The maximum absolute atomic E-state index is 6.00. The zero-order valence-electron chi connectivity index (χ0n) is 15.2. The maximum atomic E-state index is 6.00. The Morgan fingerprint density at radius 2 is 1.73 bits per heavy atom. The van der Waals surface area contributed by atoms with Crippen LogP contribution in [0.5, 0.6) is 11.5 Å². The van der Waals surface area contributed by atoms with Gasteiger partial charge in [0.25, 0.3) is 0 Å². The van der Waals surface area contributed by atoms with E-state index in [-0.39, 0.29) is 24.0 Å². The number of ether oxygens (including phenoxy) is 2. The number of methoxy groups -OCH3 is 1. The molecule has 0 bridgehead atoms. The SMILES string of the molecule is CCOc1cc(CNC(=NC)NCc2cccc(Cl)c2)ccc1OC.I. The summed E-state index contributed by atoms with van der Waals surface area (Å²) < 4.78 is 10.9. The maximum Gasteiger partial charge on any atom is 0.191 e. The summed E-state index contributed by atoms with van der Waals surface area (Å²) >= 11 is 6.00. The molecule has 2 aromatic carbocycles. The van der Waals surface area contributed by atoms with Crippen molar-refractivity contribution < 1.29 is 9.47 Å².